The van der Waals surface area contributed by atoms with Gasteiger partial charge in [0.2, 0.25) is 0 Å². The Balaban J connectivity index is 1.83. The van der Waals surface area contributed by atoms with Crippen LogP contribution >= 0.6 is 12.2 Å². The van der Waals surface area contributed by atoms with Gasteiger partial charge in [-0.05, 0) is 24.4 Å². The molecule has 0 spiro atoms. The highest BCUT2D eigenvalue weighted by molar-refractivity contribution is 7.80. The molecule has 5 nitrogen and oxygen atoms in total. The zero-order chi connectivity index (χ0) is 14.4. The average Bonchev–Trinajstić information content (AvgIpc) is 2.49. The summed E-state index contributed by atoms with van der Waals surface area (Å²) in [5.74, 6) is -0.166. The van der Waals surface area contributed by atoms with E-state index in [1.165, 1.54) is 4.90 Å². The Bertz CT molecular complexity index is 459. The first kappa shape index (κ1) is 14.9. The van der Waals surface area contributed by atoms with Crippen molar-refractivity contribution in [2.24, 2.45) is 0 Å². The summed E-state index contributed by atoms with van der Waals surface area (Å²) in [6.45, 7) is 4.47. The van der Waals surface area contributed by atoms with Crippen molar-refractivity contribution in [3.05, 3.63) is 35.9 Å². The molecule has 0 atom stereocenters. The van der Waals surface area contributed by atoms with Gasteiger partial charge in [-0.1, -0.05) is 18.2 Å². The first-order valence-corrected chi connectivity index (χ1v) is 7.21. The predicted octanol–water partition coefficient (Wildman–Crippen LogP) is -1.11. The molecule has 108 valence electrons. The summed E-state index contributed by atoms with van der Waals surface area (Å²) in [6, 6.07) is 9.06. The molecule has 1 amide bonds. The Labute approximate surface area is 124 Å². The Morgan fingerprint density at radius 3 is 2.55 bits per heavy atom. The Morgan fingerprint density at radius 1 is 1.30 bits per heavy atom. The molecule has 20 heavy (non-hydrogen) atoms. The second-order valence-electron chi connectivity index (χ2n) is 4.84. The second kappa shape index (κ2) is 7.33. The lowest BCUT2D eigenvalue weighted by Crippen LogP contribution is -3.15. The number of carbonyl (C=O) groups excluding carboxylic acids is 1. The fourth-order valence-electron chi connectivity index (χ4n) is 2.27. The number of nitrogens with one attached hydrogen (secondary N) is 2. The van der Waals surface area contributed by atoms with Gasteiger partial charge in [-0.2, -0.15) is 0 Å². The van der Waals surface area contributed by atoms with Crippen LogP contribution in [0.3, 0.4) is 0 Å². The number of hydrogen-bond acceptors (Lipinski definition) is 3. The molecule has 0 aliphatic carbocycles. The predicted molar refractivity (Wildman–Crippen MR) is 80.7 cm³/mol. The molecule has 1 aliphatic rings. The topological polar surface area (TPSA) is 57.0 Å². The van der Waals surface area contributed by atoms with Crippen LogP contribution in [0.4, 0.5) is 0 Å². The van der Waals surface area contributed by atoms with E-state index in [1.54, 1.807) is 12.1 Å². The van der Waals surface area contributed by atoms with Gasteiger partial charge >= 0.3 is 0 Å². The van der Waals surface area contributed by atoms with Crippen molar-refractivity contribution in [1.82, 2.24) is 10.2 Å². The first-order valence-electron chi connectivity index (χ1n) is 6.80. The second-order valence-corrected chi connectivity index (χ2v) is 5.22. The Kier molecular flexibility index (Phi) is 5.46. The molecule has 0 bridgehead atoms. The van der Waals surface area contributed by atoms with Crippen LogP contribution in [-0.2, 0) is 0 Å². The van der Waals surface area contributed by atoms with E-state index in [4.69, 9.17) is 17.3 Å². The van der Waals surface area contributed by atoms with Crippen LogP contribution in [0.15, 0.2) is 30.3 Å². The van der Waals surface area contributed by atoms with Gasteiger partial charge in [0.15, 0.2) is 5.11 Å². The van der Waals surface area contributed by atoms with Crippen LogP contribution in [0.5, 0.6) is 0 Å². The van der Waals surface area contributed by atoms with Gasteiger partial charge in [0.05, 0.1) is 32.8 Å². The van der Waals surface area contributed by atoms with Crippen molar-refractivity contribution in [3.8, 4) is 0 Å². The minimum Gasteiger partial charge on any atom is -0.391 e. The third-order valence-corrected chi connectivity index (χ3v) is 3.84. The zero-order valence-corrected chi connectivity index (χ0v) is 12.2. The van der Waals surface area contributed by atoms with Gasteiger partial charge < -0.3 is 14.9 Å². The maximum atomic E-state index is 12.0. The molecule has 1 aromatic carbocycles. The number of hydrogen-bond donors (Lipinski definition) is 3. The number of carbonyl (C=O) groups is 1. The van der Waals surface area contributed by atoms with Gasteiger partial charge in [-0.25, -0.2) is 0 Å². The standard InChI is InChI=1S/C14H19N3O2S/c18-11-10-16-6-8-17(9-7-16)14(20)15-13(19)12-4-2-1-3-5-12/h1-5,18H,6-11H2,(H,15,19,20)/p+1. The van der Waals surface area contributed by atoms with Crippen LogP contribution in [0, 0.1) is 0 Å². The number of aliphatic hydroxyl groups excluding tert-OH is 1. The summed E-state index contributed by atoms with van der Waals surface area (Å²) in [6.07, 6.45) is 0. The molecule has 0 radical (unpaired) electrons. The van der Waals surface area contributed by atoms with Gasteiger partial charge in [-0.15, -0.1) is 0 Å². The smallest absolute Gasteiger partial charge is 0.257 e. The average molecular weight is 294 g/mol. The molecule has 6 heteroatoms. The van der Waals surface area contributed by atoms with Crippen molar-refractivity contribution in [2.75, 3.05) is 39.3 Å². The highest BCUT2D eigenvalue weighted by Crippen LogP contribution is 1.99. The molecule has 1 saturated heterocycles. The maximum Gasteiger partial charge on any atom is 0.257 e. The molecular formula is C14H20N3O2S+. The SMILES string of the molecule is O=C(NC(=S)N1CC[NH+](CCO)CC1)c1ccccc1. The largest absolute Gasteiger partial charge is 0.391 e. The van der Waals surface area contributed by atoms with Crippen molar-refractivity contribution in [2.45, 2.75) is 0 Å². The molecule has 0 unspecified atom stereocenters. The van der Waals surface area contributed by atoms with Crippen LogP contribution in [0.1, 0.15) is 10.4 Å². The lowest BCUT2D eigenvalue weighted by atomic mass is 10.2. The van der Waals surface area contributed by atoms with Crippen LogP contribution in [0.2, 0.25) is 0 Å². The summed E-state index contributed by atoms with van der Waals surface area (Å²) in [4.78, 5) is 15.4. The number of rotatable bonds is 3. The highest BCUT2D eigenvalue weighted by atomic mass is 32.1. The van der Waals surface area contributed by atoms with Crippen LogP contribution in [0.25, 0.3) is 0 Å². The minimum atomic E-state index is -0.166. The normalized spacial score (nSPS) is 15.9. The monoisotopic (exact) mass is 294 g/mol. The van der Waals surface area contributed by atoms with Crippen molar-refractivity contribution in [1.29, 1.82) is 0 Å². The van der Waals surface area contributed by atoms with Gasteiger partial charge in [0.1, 0.15) is 6.54 Å². The van der Waals surface area contributed by atoms with E-state index in [2.05, 4.69) is 5.32 Å². The number of nitrogens with zero attached hydrogens (tertiary/aromatic N) is 1. The fraction of sp³-hybridized carbons (Fsp3) is 0.429. The minimum absolute atomic E-state index is 0.166. The molecule has 0 aromatic heterocycles. The maximum absolute atomic E-state index is 12.0. The summed E-state index contributed by atoms with van der Waals surface area (Å²) in [5, 5.41) is 12.2. The Morgan fingerprint density at radius 2 is 1.95 bits per heavy atom. The van der Waals surface area contributed by atoms with E-state index in [-0.39, 0.29) is 12.5 Å². The summed E-state index contributed by atoms with van der Waals surface area (Å²) >= 11 is 5.29. The molecule has 0 saturated carbocycles. The zero-order valence-electron chi connectivity index (χ0n) is 11.3. The van der Waals surface area contributed by atoms with Crippen molar-refractivity contribution >= 4 is 23.2 Å². The van der Waals surface area contributed by atoms with Gasteiger partial charge in [-0.3, -0.25) is 10.1 Å². The van der Waals surface area contributed by atoms with Crippen LogP contribution in [-0.4, -0.2) is 60.4 Å². The summed E-state index contributed by atoms with van der Waals surface area (Å²) < 4.78 is 0. The Hall–Kier alpha value is -1.50. The van der Waals surface area contributed by atoms with E-state index >= 15 is 0 Å². The summed E-state index contributed by atoms with van der Waals surface area (Å²) in [5.41, 5.74) is 0.611. The lowest BCUT2D eigenvalue weighted by Gasteiger charge is -2.33. The highest BCUT2D eigenvalue weighted by Gasteiger charge is 2.22. The third-order valence-electron chi connectivity index (χ3n) is 3.48. The lowest BCUT2D eigenvalue weighted by molar-refractivity contribution is -0.904. The molecule has 3 N–H and O–H groups in total. The number of quaternary nitrogens is 1. The van der Waals surface area contributed by atoms with E-state index in [9.17, 15) is 4.79 Å². The number of aliphatic hydroxyl groups is 1. The number of piperazine rings is 1. The molecule has 1 heterocycles. The first-order chi connectivity index (χ1) is 9.70. The van der Waals surface area contributed by atoms with Crippen molar-refractivity contribution < 1.29 is 14.8 Å². The van der Waals surface area contributed by atoms with Crippen LogP contribution < -0.4 is 10.2 Å². The number of thiocarbonyl (C=S) groups is 1. The molecule has 1 aromatic rings. The summed E-state index contributed by atoms with van der Waals surface area (Å²) in [7, 11) is 0. The van der Waals surface area contributed by atoms with E-state index in [1.807, 2.05) is 23.1 Å². The van der Waals surface area contributed by atoms with E-state index < -0.39 is 0 Å². The van der Waals surface area contributed by atoms with E-state index in [0.717, 1.165) is 32.7 Å². The molecule has 2 rings (SSSR count). The van der Waals surface area contributed by atoms with Gasteiger partial charge in [0, 0.05) is 5.56 Å². The quantitative estimate of drug-likeness (QED) is 0.619. The molecule has 1 fully saturated rings. The third kappa shape index (κ3) is 4.00. The van der Waals surface area contributed by atoms with Crippen molar-refractivity contribution in [3.63, 3.8) is 0 Å². The fourth-order valence-corrected chi connectivity index (χ4v) is 2.55. The van der Waals surface area contributed by atoms with Gasteiger partial charge in [0.25, 0.3) is 5.91 Å². The molecule has 1 aliphatic heterocycles. The number of benzene rings is 1. The number of amides is 1. The van der Waals surface area contributed by atoms with E-state index in [0.29, 0.717) is 10.7 Å². The molecular weight excluding hydrogens is 274 g/mol.